The number of para-hydroxylation sites is 2. The van der Waals surface area contributed by atoms with Crippen LogP contribution >= 0.6 is 0 Å². The Bertz CT molecular complexity index is 820. The van der Waals surface area contributed by atoms with Crippen molar-refractivity contribution in [3.05, 3.63) is 48.0 Å². The summed E-state index contributed by atoms with van der Waals surface area (Å²) in [5.74, 6) is 0.413. The third-order valence-corrected chi connectivity index (χ3v) is 3.80. The van der Waals surface area contributed by atoms with Gasteiger partial charge in [0.25, 0.3) is 5.91 Å². The van der Waals surface area contributed by atoms with E-state index in [1.54, 1.807) is 42.5 Å². The lowest BCUT2D eigenvalue weighted by Gasteiger charge is -2.16. The van der Waals surface area contributed by atoms with Crippen LogP contribution in [-0.4, -0.2) is 38.3 Å². The predicted octanol–water partition coefficient (Wildman–Crippen LogP) is 3.68. The Morgan fingerprint density at radius 2 is 1.64 bits per heavy atom. The van der Waals surface area contributed by atoms with Gasteiger partial charge in [0.15, 0.2) is 17.6 Å². The molecule has 1 atom stereocenters. The summed E-state index contributed by atoms with van der Waals surface area (Å²) < 4.78 is 21.5. The van der Waals surface area contributed by atoms with Gasteiger partial charge in [-0.25, -0.2) is 4.79 Å². The van der Waals surface area contributed by atoms with Gasteiger partial charge in [-0.05, 0) is 51.1 Å². The van der Waals surface area contributed by atoms with Crippen molar-refractivity contribution in [1.82, 2.24) is 0 Å². The van der Waals surface area contributed by atoms with Gasteiger partial charge in [-0.15, -0.1) is 0 Å². The molecule has 0 fully saturated rings. The molecule has 0 unspecified atom stereocenters. The number of anilines is 1. The number of hydrogen-bond donors (Lipinski definition) is 1. The molecule has 28 heavy (non-hydrogen) atoms. The summed E-state index contributed by atoms with van der Waals surface area (Å²) in [5.41, 5.74) is 0.765. The SMILES string of the molecule is CCOc1ccc(C(=O)O[C@H](C)C(=O)Nc2ccccc2OC)cc1OCC. The molecular formula is C21H25NO6. The number of amides is 1. The lowest BCUT2D eigenvalue weighted by molar-refractivity contribution is -0.123. The monoisotopic (exact) mass is 387 g/mol. The number of hydrogen-bond acceptors (Lipinski definition) is 6. The molecule has 2 aromatic carbocycles. The van der Waals surface area contributed by atoms with E-state index in [0.29, 0.717) is 36.1 Å². The van der Waals surface area contributed by atoms with Crippen molar-refractivity contribution in [1.29, 1.82) is 0 Å². The molecule has 1 N–H and O–H groups in total. The Morgan fingerprint density at radius 1 is 0.964 bits per heavy atom. The molecule has 0 aliphatic heterocycles. The summed E-state index contributed by atoms with van der Waals surface area (Å²) in [6, 6.07) is 11.7. The Hall–Kier alpha value is -3.22. The first-order chi connectivity index (χ1) is 13.5. The Labute approximate surface area is 164 Å². The van der Waals surface area contributed by atoms with Gasteiger partial charge < -0.3 is 24.3 Å². The fraction of sp³-hybridized carbons (Fsp3) is 0.333. The number of ether oxygens (including phenoxy) is 4. The minimum atomic E-state index is -1.00. The van der Waals surface area contributed by atoms with Crippen molar-refractivity contribution >= 4 is 17.6 Å². The van der Waals surface area contributed by atoms with Crippen molar-refractivity contribution in [2.45, 2.75) is 26.9 Å². The molecule has 2 aromatic rings. The Balaban J connectivity index is 2.06. The van der Waals surface area contributed by atoms with Crippen LogP contribution in [0.3, 0.4) is 0 Å². The van der Waals surface area contributed by atoms with Crippen molar-refractivity contribution in [3.63, 3.8) is 0 Å². The largest absolute Gasteiger partial charge is 0.495 e. The van der Waals surface area contributed by atoms with Crippen LogP contribution in [0.4, 0.5) is 5.69 Å². The van der Waals surface area contributed by atoms with E-state index in [9.17, 15) is 9.59 Å². The van der Waals surface area contributed by atoms with Gasteiger partial charge in [0.2, 0.25) is 0 Å². The second-order valence-corrected chi connectivity index (χ2v) is 5.76. The molecule has 0 bridgehead atoms. The summed E-state index contributed by atoms with van der Waals surface area (Å²) in [6.07, 6.45) is -1.00. The van der Waals surface area contributed by atoms with Crippen LogP contribution in [0.1, 0.15) is 31.1 Å². The molecule has 1 amide bonds. The van der Waals surface area contributed by atoms with Gasteiger partial charge in [0.05, 0.1) is 31.6 Å². The molecule has 0 aromatic heterocycles. The molecule has 0 heterocycles. The molecule has 7 nitrogen and oxygen atoms in total. The van der Waals surface area contributed by atoms with Crippen LogP contribution in [0, 0.1) is 0 Å². The molecule has 7 heteroatoms. The molecular weight excluding hydrogens is 362 g/mol. The van der Waals surface area contributed by atoms with E-state index in [0.717, 1.165) is 0 Å². The summed E-state index contributed by atoms with van der Waals surface area (Å²) >= 11 is 0. The Morgan fingerprint density at radius 3 is 2.32 bits per heavy atom. The third kappa shape index (κ3) is 5.39. The Kier molecular flexibility index (Phi) is 7.68. The number of carbonyl (C=O) groups is 2. The first-order valence-corrected chi connectivity index (χ1v) is 9.04. The zero-order chi connectivity index (χ0) is 20.5. The number of methoxy groups -OCH3 is 1. The maximum Gasteiger partial charge on any atom is 0.339 e. The zero-order valence-corrected chi connectivity index (χ0v) is 16.5. The maximum absolute atomic E-state index is 12.4. The van der Waals surface area contributed by atoms with Crippen LogP contribution in [0.2, 0.25) is 0 Å². The van der Waals surface area contributed by atoms with Crippen molar-refractivity contribution in [3.8, 4) is 17.2 Å². The topological polar surface area (TPSA) is 83.1 Å². The van der Waals surface area contributed by atoms with Crippen molar-refractivity contribution < 1.29 is 28.5 Å². The summed E-state index contributed by atoms with van der Waals surface area (Å²) in [5, 5.41) is 2.69. The van der Waals surface area contributed by atoms with Gasteiger partial charge in [0, 0.05) is 0 Å². The second-order valence-electron chi connectivity index (χ2n) is 5.76. The summed E-state index contributed by atoms with van der Waals surface area (Å²) in [4.78, 5) is 24.8. The lowest BCUT2D eigenvalue weighted by Crippen LogP contribution is -2.30. The van der Waals surface area contributed by atoms with Crippen LogP contribution < -0.4 is 19.5 Å². The number of carbonyl (C=O) groups excluding carboxylic acids is 2. The fourth-order valence-electron chi connectivity index (χ4n) is 2.44. The van der Waals surface area contributed by atoms with E-state index >= 15 is 0 Å². The predicted molar refractivity (Wildman–Crippen MR) is 105 cm³/mol. The van der Waals surface area contributed by atoms with Crippen LogP contribution in [0.5, 0.6) is 17.2 Å². The van der Waals surface area contributed by atoms with E-state index in [1.165, 1.54) is 14.0 Å². The third-order valence-electron chi connectivity index (χ3n) is 3.80. The average Bonchev–Trinajstić information content (AvgIpc) is 2.69. The summed E-state index contributed by atoms with van der Waals surface area (Å²) in [6.45, 7) is 6.10. The van der Waals surface area contributed by atoms with Crippen LogP contribution in [0.25, 0.3) is 0 Å². The molecule has 0 radical (unpaired) electrons. The van der Waals surface area contributed by atoms with E-state index < -0.39 is 18.0 Å². The standard InChI is InChI=1S/C21H25NO6/c1-5-26-18-12-11-15(13-19(18)27-6-2)21(24)28-14(3)20(23)22-16-9-7-8-10-17(16)25-4/h7-14H,5-6H2,1-4H3,(H,22,23)/t14-/m1/s1. The summed E-state index contributed by atoms with van der Waals surface area (Å²) in [7, 11) is 1.51. The van der Waals surface area contributed by atoms with Crippen LogP contribution in [-0.2, 0) is 9.53 Å². The highest BCUT2D eigenvalue weighted by Crippen LogP contribution is 2.29. The van der Waals surface area contributed by atoms with Gasteiger partial charge in [-0.1, -0.05) is 12.1 Å². The minimum absolute atomic E-state index is 0.267. The van der Waals surface area contributed by atoms with Crippen molar-refractivity contribution in [2.24, 2.45) is 0 Å². The smallest absolute Gasteiger partial charge is 0.339 e. The average molecular weight is 387 g/mol. The van der Waals surface area contributed by atoms with Gasteiger partial charge in [-0.2, -0.15) is 0 Å². The fourth-order valence-corrected chi connectivity index (χ4v) is 2.44. The second kappa shape index (κ2) is 10.2. The quantitative estimate of drug-likeness (QED) is 0.661. The van der Waals surface area contributed by atoms with Gasteiger partial charge in [0.1, 0.15) is 5.75 Å². The number of rotatable bonds is 9. The highest BCUT2D eigenvalue weighted by atomic mass is 16.5. The first kappa shape index (κ1) is 21.1. The maximum atomic E-state index is 12.4. The molecule has 2 rings (SSSR count). The highest BCUT2D eigenvalue weighted by Gasteiger charge is 2.21. The highest BCUT2D eigenvalue weighted by molar-refractivity contribution is 5.98. The molecule has 0 aliphatic carbocycles. The molecule has 0 spiro atoms. The van der Waals surface area contributed by atoms with E-state index in [1.807, 2.05) is 13.8 Å². The van der Waals surface area contributed by atoms with E-state index in [2.05, 4.69) is 5.32 Å². The molecule has 0 saturated carbocycles. The minimum Gasteiger partial charge on any atom is -0.495 e. The number of nitrogens with one attached hydrogen (secondary N) is 1. The molecule has 150 valence electrons. The number of benzene rings is 2. The van der Waals surface area contributed by atoms with Crippen LogP contribution in [0.15, 0.2) is 42.5 Å². The van der Waals surface area contributed by atoms with E-state index in [-0.39, 0.29) is 5.56 Å². The normalized spacial score (nSPS) is 11.3. The van der Waals surface area contributed by atoms with Gasteiger partial charge >= 0.3 is 5.97 Å². The molecule has 0 aliphatic rings. The van der Waals surface area contributed by atoms with E-state index in [4.69, 9.17) is 18.9 Å². The zero-order valence-electron chi connectivity index (χ0n) is 16.5. The van der Waals surface area contributed by atoms with Gasteiger partial charge in [-0.3, -0.25) is 4.79 Å². The first-order valence-electron chi connectivity index (χ1n) is 9.04. The van der Waals surface area contributed by atoms with Crippen molar-refractivity contribution in [2.75, 3.05) is 25.6 Å². The molecule has 0 saturated heterocycles. The lowest BCUT2D eigenvalue weighted by atomic mass is 10.2. The number of esters is 1.